The Kier molecular flexibility index (Phi) is 11.4. The minimum Gasteiger partial charge on any atom is -0.457 e. The van der Waals surface area contributed by atoms with Crippen molar-refractivity contribution in [3.05, 3.63) is 61.0 Å². The van der Waals surface area contributed by atoms with E-state index < -0.39 is 36.1 Å². The number of pyridine rings is 1. The summed E-state index contributed by atoms with van der Waals surface area (Å²) in [5.74, 6) is -2.06. The summed E-state index contributed by atoms with van der Waals surface area (Å²) < 4.78 is 5.77. The van der Waals surface area contributed by atoms with Crippen LogP contribution in [0.25, 0.3) is 16.8 Å². The van der Waals surface area contributed by atoms with E-state index >= 15 is 0 Å². The van der Waals surface area contributed by atoms with Crippen molar-refractivity contribution >= 4 is 40.5 Å². The van der Waals surface area contributed by atoms with Crippen molar-refractivity contribution in [2.24, 2.45) is 11.8 Å². The Bertz CT molecular complexity index is 1330. The van der Waals surface area contributed by atoms with E-state index in [1.165, 1.54) is 5.01 Å². The van der Waals surface area contributed by atoms with Gasteiger partial charge in [-0.15, -0.1) is 6.58 Å². The van der Waals surface area contributed by atoms with Crippen LogP contribution in [0.3, 0.4) is 0 Å². The van der Waals surface area contributed by atoms with Gasteiger partial charge in [0.05, 0.1) is 5.69 Å². The number of ether oxygens (including phenoxy) is 1. The number of hydrazine groups is 1. The molecule has 1 aliphatic rings. The van der Waals surface area contributed by atoms with Crippen LogP contribution in [0.15, 0.2) is 49.7 Å². The summed E-state index contributed by atoms with van der Waals surface area (Å²) in [7, 11) is 0. The number of aromatic nitrogens is 1. The number of carbonyl (C=O) groups excluding carboxylic acids is 4. The first-order valence-corrected chi connectivity index (χ1v) is 14.5. The fourth-order valence-corrected chi connectivity index (χ4v) is 4.77. The zero-order valence-electron chi connectivity index (χ0n) is 25.2. The number of nitrogens with one attached hydrogen (secondary N) is 3. The van der Waals surface area contributed by atoms with E-state index in [2.05, 4.69) is 34.2 Å². The average Bonchev–Trinajstić information content (AvgIpc) is 2.98. The molecule has 5 atom stereocenters. The van der Waals surface area contributed by atoms with E-state index in [0.29, 0.717) is 25.8 Å². The molecule has 3 rings (SSSR count). The van der Waals surface area contributed by atoms with Crippen molar-refractivity contribution in [3.63, 3.8) is 0 Å². The van der Waals surface area contributed by atoms with Crippen molar-refractivity contribution in [2.75, 3.05) is 6.54 Å². The van der Waals surface area contributed by atoms with E-state index in [1.807, 2.05) is 38.1 Å². The summed E-state index contributed by atoms with van der Waals surface area (Å²) in [6, 6.07) is 5.33. The molecule has 0 radical (unpaired) electrons. The highest BCUT2D eigenvalue weighted by molar-refractivity contribution is 5.92. The standard InChI is InChI=1S/C32H43N5O5/c1-8-11-20(5)29(38)35-28(19(3)4)30(39)34-21(6)31(40)37-15-10-12-27(36-37)32(41)42-22(7)23-13-14-24-18-33-26(9-2)17-25(24)16-23/h8-9,13-14,16-22,27-28,36H,1-2,10-12,15H2,3-7H3,(H,34,39)(H,35,38)/t20-,21?,22-,27?,28+/m1/s1. The number of nitrogens with zero attached hydrogens (tertiary/aromatic N) is 2. The molecule has 1 aliphatic heterocycles. The van der Waals surface area contributed by atoms with Crippen LogP contribution in [0.2, 0.25) is 0 Å². The number of hydrogen-bond donors (Lipinski definition) is 3. The molecule has 3 amide bonds. The Hall–Kier alpha value is -4.05. The van der Waals surface area contributed by atoms with Crippen LogP contribution >= 0.6 is 0 Å². The predicted molar refractivity (Wildman–Crippen MR) is 163 cm³/mol. The van der Waals surface area contributed by atoms with E-state index in [9.17, 15) is 19.2 Å². The van der Waals surface area contributed by atoms with Crippen molar-refractivity contribution in [1.82, 2.24) is 26.1 Å². The third-order valence-electron chi connectivity index (χ3n) is 7.42. The van der Waals surface area contributed by atoms with Gasteiger partial charge >= 0.3 is 5.97 Å². The molecular formula is C32H43N5O5. The van der Waals surface area contributed by atoms with Gasteiger partial charge in [0.15, 0.2) is 0 Å². The first-order chi connectivity index (χ1) is 19.9. The lowest BCUT2D eigenvalue weighted by Gasteiger charge is -2.35. The predicted octanol–water partition coefficient (Wildman–Crippen LogP) is 3.84. The molecule has 3 N–H and O–H groups in total. The summed E-state index contributed by atoms with van der Waals surface area (Å²) >= 11 is 0. The Labute approximate surface area is 247 Å². The highest BCUT2D eigenvalue weighted by Gasteiger charge is 2.34. The molecule has 0 saturated carbocycles. The summed E-state index contributed by atoms with van der Waals surface area (Å²) in [6.45, 7) is 16.6. The highest BCUT2D eigenvalue weighted by Crippen LogP contribution is 2.24. The van der Waals surface area contributed by atoms with Crippen LogP contribution in [-0.4, -0.2) is 58.4 Å². The first kappa shape index (κ1) is 32.5. The van der Waals surface area contributed by atoms with Gasteiger partial charge in [-0.1, -0.05) is 45.6 Å². The Morgan fingerprint density at radius 1 is 1.07 bits per heavy atom. The largest absolute Gasteiger partial charge is 0.457 e. The lowest BCUT2D eigenvalue weighted by Crippen LogP contribution is -2.61. The van der Waals surface area contributed by atoms with Gasteiger partial charge in [0.1, 0.15) is 24.2 Å². The second kappa shape index (κ2) is 14.7. The maximum Gasteiger partial charge on any atom is 0.325 e. The molecule has 1 aromatic heterocycles. The summed E-state index contributed by atoms with van der Waals surface area (Å²) in [5, 5.41) is 8.81. The number of rotatable bonds is 12. The lowest BCUT2D eigenvalue weighted by atomic mass is 10.0. The van der Waals surface area contributed by atoms with Gasteiger partial charge in [-0.25, -0.2) is 5.43 Å². The third-order valence-corrected chi connectivity index (χ3v) is 7.42. The maximum absolute atomic E-state index is 13.2. The number of amides is 3. The molecule has 1 saturated heterocycles. The molecule has 2 unspecified atom stereocenters. The second-order valence-corrected chi connectivity index (χ2v) is 11.2. The van der Waals surface area contributed by atoms with E-state index in [-0.39, 0.29) is 23.7 Å². The topological polar surface area (TPSA) is 130 Å². The average molecular weight is 578 g/mol. The fourth-order valence-electron chi connectivity index (χ4n) is 4.77. The second-order valence-electron chi connectivity index (χ2n) is 11.2. The molecule has 0 spiro atoms. The summed E-state index contributed by atoms with van der Waals surface area (Å²) in [4.78, 5) is 56.1. The highest BCUT2D eigenvalue weighted by atomic mass is 16.5. The maximum atomic E-state index is 13.2. The molecule has 2 heterocycles. The number of allylic oxidation sites excluding steroid dienone is 1. The van der Waals surface area contributed by atoms with Crippen LogP contribution in [0.1, 0.15) is 71.2 Å². The summed E-state index contributed by atoms with van der Waals surface area (Å²) in [6.07, 6.45) is 6.19. The van der Waals surface area contributed by atoms with E-state index in [0.717, 1.165) is 22.0 Å². The van der Waals surface area contributed by atoms with Crippen LogP contribution in [-0.2, 0) is 23.9 Å². The molecule has 1 fully saturated rings. The molecular weight excluding hydrogens is 534 g/mol. The van der Waals surface area contributed by atoms with Gasteiger partial charge in [-0.3, -0.25) is 29.2 Å². The van der Waals surface area contributed by atoms with Crippen LogP contribution < -0.4 is 16.1 Å². The van der Waals surface area contributed by atoms with Crippen LogP contribution in [0.4, 0.5) is 0 Å². The van der Waals surface area contributed by atoms with Crippen molar-refractivity contribution < 1.29 is 23.9 Å². The number of hydrogen-bond acceptors (Lipinski definition) is 7. The molecule has 10 heteroatoms. The quantitative estimate of drug-likeness (QED) is 0.258. The third kappa shape index (κ3) is 8.25. The van der Waals surface area contributed by atoms with Crippen molar-refractivity contribution in [2.45, 2.75) is 78.1 Å². The lowest BCUT2D eigenvalue weighted by molar-refractivity contribution is -0.157. The van der Waals surface area contributed by atoms with Crippen molar-refractivity contribution in [3.8, 4) is 0 Å². The fraction of sp³-hybridized carbons (Fsp3) is 0.469. The van der Waals surface area contributed by atoms with Gasteiger partial charge < -0.3 is 15.4 Å². The summed E-state index contributed by atoms with van der Waals surface area (Å²) in [5.41, 5.74) is 4.58. The monoisotopic (exact) mass is 577 g/mol. The van der Waals surface area contributed by atoms with Crippen LogP contribution in [0.5, 0.6) is 0 Å². The zero-order chi connectivity index (χ0) is 31.0. The molecule has 0 aliphatic carbocycles. The smallest absolute Gasteiger partial charge is 0.325 e. The Morgan fingerprint density at radius 3 is 2.48 bits per heavy atom. The van der Waals surface area contributed by atoms with Crippen molar-refractivity contribution in [1.29, 1.82) is 0 Å². The number of benzene rings is 1. The number of esters is 1. The zero-order valence-corrected chi connectivity index (χ0v) is 25.2. The van der Waals surface area contributed by atoms with Crippen LogP contribution in [0, 0.1) is 11.8 Å². The minimum absolute atomic E-state index is 0.190. The SMILES string of the molecule is C=CC[C@@H](C)C(=O)N[C@H](C(=O)NC(C)C(=O)N1CCCC(C(=O)O[C@H](C)c2ccc3cnc(C=C)cc3c2)N1)C(C)C. The molecule has 1 aromatic carbocycles. The Morgan fingerprint density at radius 2 is 1.81 bits per heavy atom. The van der Waals surface area contributed by atoms with Gasteiger partial charge in [-0.2, -0.15) is 0 Å². The Balaban J connectivity index is 1.59. The first-order valence-electron chi connectivity index (χ1n) is 14.5. The van der Waals surface area contributed by atoms with Gasteiger partial charge in [0.25, 0.3) is 5.91 Å². The number of carbonyl (C=O) groups is 4. The van der Waals surface area contributed by atoms with E-state index in [1.54, 1.807) is 39.1 Å². The normalized spacial score (nSPS) is 18.0. The molecule has 2 aromatic rings. The van der Waals surface area contributed by atoms with Gasteiger partial charge in [0.2, 0.25) is 11.8 Å². The van der Waals surface area contributed by atoms with Gasteiger partial charge in [0, 0.05) is 24.0 Å². The molecule has 0 bridgehead atoms. The number of fused-ring (bicyclic) bond motifs is 1. The van der Waals surface area contributed by atoms with Gasteiger partial charge in [-0.05, 0) is 68.2 Å². The molecule has 226 valence electrons. The molecule has 10 nitrogen and oxygen atoms in total. The molecule has 42 heavy (non-hydrogen) atoms. The minimum atomic E-state index is -0.880. The van der Waals surface area contributed by atoms with E-state index in [4.69, 9.17) is 4.74 Å².